The number of hydrogen-bond acceptors (Lipinski definition) is 5. The van der Waals surface area contributed by atoms with Crippen molar-refractivity contribution < 1.29 is 27.4 Å². The molecule has 0 aliphatic carbocycles. The van der Waals surface area contributed by atoms with Crippen molar-refractivity contribution in [1.29, 1.82) is 0 Å². The van der Waals surface area contributed by atoms with Gasteiger partial charge in [0.15, 0.2) is 17.3 Å². The first-order valence-electron chi connectivity index (χ1n) is 8.73. The lowest BCUT2D eigenvalue weighted by molar-refractivity contribution is -0.179. The van der Waals surface area contributed by atoms with Crippen LogP contribution in [0.3, 0.4) is 0 Å². The second-order valence-corrected chi connectivity index (χ2v) is 6.58. The molecule has 7 nitrogen and oxygen atoms in total. The van der Waals surface area contributed by atoms with Crippen LogP contribution in [0, 0.1) is 5.92 Å². The molecule has 4 rings (SSSR count). The van der Waals surface area contributed by atoms with E-state index in [1.807, 2.05) is 0 Å². The zero-order chi connectivity index (χ0) is 19.7. The van der Waals surface area contributed by atoms with Gasteiger partial charge in [-0.15, -0.1) is 10.2 Å². The molecule has 0 bridgehead atoms. The number of carbonyl (C=O) groups excluding carboxylic acids is 1. The van der Waals surface area contributed by atoms with E-state index in [0.717, 1.165) is 5.56 Å². The fourth-order valence-electron chi connectivity index (χ4n) is 3.21. The first-order chi connectivity index (χ1) is 13.4. The Hall–Kier alpha value is -3.04. The number of fused-ring (bicyclic) bond motifs is 2. The van der Waals surface area contributed by atoms with Crippen LogP contribution in [0.15, 0.2) is 24.3 Å². The van der Waals surface area contributed by atoms with Crippen molar-refractivity contribution in [2.45, 2.75) is 32.1 Å². The first kappa shape index (κ1) is 18.3. The Bertz CT molecular complexity index is 923. The third-order valence-corrected chi connectivity index (χ3v) is 4.74. The van der Waals surface area contributed by atoms with E-state index in [0.29, 0.717) is 23.1 Å². The molecule has 0 fully saturated rings. The number of alkyl halides is 3. The van der Waals surface area contributed by atoms with Gasteiger partial charge in [0, 0.05) is 19.0 Å². The summed E-state index contributed by atoms with van der Waals surface area (Å²) in [4.78, 5) is 12.0. The molecule has 0 saturated heterocycles. The van der Waals surface area contributed by atoms with Gasteiger partial charge in [-0.1, -0.05) is 6.07 Å². The van der Waals surface area contributed by atoms with Gasteiger partial charge < -0.3 is 19.4 Å². The van der Waals surface area contributed by atoms with E-state index in [1.165, 1.54) is 6.08 Å². The van der Waals surface area contributed by atoms with Gasteiger partial charge in [0.2, 0.25) is 12.7 Å². The average Bonchev–Trinajstić information content (AvgIpc) is 3.29. The predicted octanol–water partition coefficient (Wildman–Crippen LogP) is 2.46. The number of nitrogens with zero attached hydrogens (tertiary/aromatic N) is 3. The molecular formula is C18H17F3N4O3. The second-order valence-electron chi connectivity index (χ2n) is 6.58. The molecule has 2 aliphatic rings. The van der Waals surface area contributed by atoms with Crippen molar-refractivity contribution >= 4 is 12.0 Å². The molecule has 1 atom stereocenters. The van der Waals surface area contributed by atoms with Crippen LogP contribution in [0.1, 0.15) is 23.6 Å². The van der Waals surface area contributed by atoms with Gasteiger partial charge in [0.25, 0.3) is 0 Å². The van der Waals surface area contributed by atoms with Crippen LogP contribution in [0.25, 0.3) is 6.08 Å². The molecule has 0 radical (unpaired) electrons. The van der Waals surface area contributed by atoms with Crippen LogP contribution in [0.4, 0.5) is 13.2 Å². The zero-order valence-corrected chi connectivity index (χ0v) is 14.7. The smallest absolute Gasteiger partial charge is 0.392 e. The van der Waals surface area contributed by atoms with E-state index >= 15 is 0 Å². The summed E-state index contributed by atoms with van der Waals surface area (Å²) in [6.45, 7) is 0.453. The molecule has 3 heterocycles. The van der Waals surface area contributed by atoms with Gasteiger partial charge in [-0.2, -0.15) is 13.2 Å². The maximum atomic E-state index is 12.9. The largest absolute Gasteiger partial charge is 0.454 e. The Morgan fingerprint density at radius 1 is 1.29 bits per heavy atom. The van der Waals surface area contributed by atoms with Crippen molar-refractivity contribution in [2.75, 3.05) is 6.79 Å². The van der Waals surface area contributed by atoms with Gasteiger partial charge in [-0.05, 0) is 30.2 Å². The van der Waals surface area contributed by atoms with Crippen molar-refractivity contribution in [3.8, 4) is 11.5 Å². The van der Waals surface area contributed by atoms with Crippen LogP contribution in [0.2, 0.25) is 0 Å². The monoisotopic (exact) mass is 394 g/mol. The Balaban J connectivity index is 1.34. The minimum Gasteiger partial charge on any atom is -0.454 e. The van der Waals surface area contributed by atoms with E-state index in [9.17, 15) is 18.0 Å². The molecule has 1 aromatic carbocycles. The van der Waals surface area contributed by atoms with Crippen LogP contribution in [-0.4, -0.2) is 33.6 Å². The highest BCUT2D eigenvalue weighted by atomic mass is 19.4. The number of nitrogens with one attached hydrogen (secondary N) is 1. The molecule has 0 spiro atoms. The summed E-state index contributed by atoms with van der Waals surface area (Å²) in [5.41, 5.74) is 0.775. The maximum Gasteiger partial charge on any atom is 0.392 e. The molecule has 1 N–H and O–H groups in total. The Morgan fingerprint density at radius 3 is 2.93 bits per heavy atom. The molecule has 0 saturated carbocycles. The van der Waals surface area contributed by atoms with Crippen LogP contribution >= 0.6 is 0 Å². The highest BCUT2D eigenvalue weighted by Gasteiger charge is 2.42. The molecule has 2 aliphatic heterocycles. The topological polar surface area (TPSA) is 78.3 Å². The summed E-state index contributed by atoms with van der Waals surface area (Å²) in [5, 5.41) is 10.4. The van der Waals surface area contributed by atoms with Crippen LogP contribution < -0.4 is 14.8 Å². The second kappa shape index (κ2) is 7.17. The summed E-state index contributed by atoms with van der Waals surface area (Å²) < 4.78 is 50.7. The number of ether oxygens (including phenoxy) is 2. The van der Waals surface area contributed by atoms with E-state index in [4.69, 9.17) is 9.47 Å². The SMILES string of the molecule is O=C(/C=C/c1ccc2c(c1)OCO2)NCc1nnc2n1CC[C@H](C(F)(F)F)C2. The highest BCUT2D eigenvalue weighted by Crippen LogP contribution is 2.35. The lowest BCUT2D eigenvalue weighted by Gasteiger charge is -2.25. The highest BCUT2D eigenvalue weighted by molar-refractivity contribution is 5.91. The minimum absolute atomic E-state index is 0.0144. The van der Waals surface area contributed by atoms with Gasteiger partial charge >= 0.3 is 6.18 Å². The first-order valence-corrected chi connectivity index (χ1v) is 8.73. The summed E-state index contributed by atoms with van der Waals surface area (Å²) in [7, 11) is 0. The third kappa shape index (κ3) is 3.80. The normalized spacial score (nSPS) is 18.3. The van der Waals surface area contributed by atoms with Crippen LogP contribution in [0.5, 0.6) is 11.5 Å². The van der Waals surface area contributed by atoms with Crippen molar-refractivity contribution in [3.63, 3.8) is 0 Å². The Kier molecular flexibility index (Phi) is 4.70. The predicted molar refractivity (Wildman–Crippen MR) is 91.3 cm³/mol. The van der Waals surface area contributed by atoms with E-state index in [-0.39, 0.29) is 38.6 Å². The fraction of sp³-hybridized carbons (Fsp3) is 0.389. The minimum atomic E-state index is -4.23. The summed E-state index contributed by atoms with van der Waals surface area (Å²) in [6.07, 6.45) is -1.44. The van der Waals surface area contributed by atoms with E-state index in [2.05, 4.69) is 15.5 Å². The van der Waals surface area contributed by atoms with Gasteiger partial charge in [0.05, 0.1) is 12.5 Å². The number of halogens is 3. The quantitative estimate of drug-likeness (QED) is 0.806. The fourth-order valence-corrected chi connectivity index (χ4v) is 3.21. The summed E-state index contributed by atoms with van der Waals surface area (Å²) in [6, 6.07) is 5.32. The number of rotatable bonds is 4. The van der Waals surface area contributed by atoms with E-state index in [1.54, 1.807) is 28.8 Å². The number of aromatic nitrogens is 3. The summed E-state index contributed by atoms with van der Waals surface area (Å²) in [5.74, 6) is 0.283. The molecule has 148 valence electrons. The standard InChI is InChI=1S/C18H17F3N4O3/c19-18(20,21)12-5-6-25-15(8-12)23-24-16(25)9-22-17(26)4-2-11-1-3-13-14(7-11)28-10-27-13/h1-4,7,12H,5-6,8-10H2,(H,22,26)/b4-2+/t12-/m0/s1. The van der Waals surface area contributed by atoms with Gasteiger partial charge in [-0.25, -0.2) is 0 Å². The molecular weight excluding hydrogens is 377 g/mol. The molecule has 0 unspecified atom stereocenters. The molecule has 1 aromatic heterocycles. The van der Waals surface area contributed by atoms with Gasteiger partial charge in [-0.3, -0.25) is 4.79 Å². The lowest BCUT2D eigenvalue weighted by atomic mass is 9.97. The van der Waals surface area contributed by atoms with Crippen molar-refractivity contribution in [3.05, 3.63) is 41.5 Å². The number of amides is 1. The Morgan fingerprint density at radius 2 is 2.11 bits per heavy atom. The number of benzene rings is 1. The number of carbonyl (C=O) groups is 1. The lowest BCUT2D eigenvalue weighted by Crippen LogP contribution is -2.32. The molecule has 10 heteroatoms. The van der Waals surface area contributed by atoms with Crippen molar-refractivity contribution in [1.82, 2.24) is 20.1 Å². The summed E-state index contributed by atoms with van der Waals surface area (Å²) >= 11 is 0. The average molecular weight is 394 g/mol. The molecule has 28 heavy (non-hydrogen) atoms. The van der Waals surface area contributed by atoms with E-state index < -0.39 is 12.1 Å². The van der Waals surface area contributed by atoms with Crippen molar-refractivity contribution in [2.24, 2.45) is 5.92 Å². The maximum absolute atomic E-state index is 12.9. The molecule has 2 aromatic rings. The van der Waals surface area contributed by atoms with Crippen LogP contribution in [-0.2, 0) is 24.3 Å². The number of hydrogen-bond donors (Lipinski definition) is 1. The zero-order valence-electron chi connectivity index (χ0n) is 14.7. The van der Waals surface area contributed by atoms with Gasteiger partial charge in [0.1, 0.15) is 5.82 Å². The Labute approximate surface area is 158 Å². The molecule has 1 amide bonds. The third-order valence-electron chi connectivity index (χ3n) is 4.74.